The molecule has 0 bridgehead atoms. The fourth-order valence-electron chi connectivity index (χ4n) is 3.41. The summed E-state index contributed by atoms with van der Waals surface area (Å²) >= 11 is 0. The van der Waals surface area contributed by atoms with Crippen molar-refractivity contribution in [3.05, 3.63) is 107 Å². The van der Waals surface area contributed by atoms with E-state index < -0.39 is 15.9 Å². The van der Waals surface area contributed by atoms with Gasteiger partial charge in [-0.25, -0.2) is 27.6 Å². The Morgan fingerprint density at radius 1 is 0.971 bits per heavy atom. The van der Waals surface area contributed by atoms with Crippen molar-refractivity contribution in [1.82, 2.24) is 20.1 Å². The van der Waals surface area contributed by atoms with Crippen LogP contribution in [0.3, 0.4) is 0 Å². The van der Waals surface area contributed by atoms with Crippen LogP contribution in [0.25, 0.3) is 5.69 Å². The van der Waals surface area contributed by atoms with Crippen molar-refractivity contribution >= 4 is 15.9 Å². The molecule has 10 heteroatoms. The topological polar surface area (TPSA) is 120 Å². The Kier molecular flexibility index (Phi) is 6.80. The van der Waals surface area contributed by atoms with Crippen molar-refractivity contribution in [3.63, 3.8) is 0 Å². The van der Waals surface area contributed by atoms with Gasteiger partial charge in [-0.3, -0.25) is 4.79 Å². The largest absolute Gasteiger partial charge is 0.349 e. The van der Waals surface area contributed by atoms with Crippen LogP contribution in [0.2, 0.25) is 0 Å². The number of nitrogens with zero attached hydrogens (tertiary/aromatic N) is 3. The number of benzene rings is 3. The van der Waals surface area contributed by atoms with Gasteiger partial charge in [0.05, 0.1) is 10.6 Å². The van der Waals surface area contributed by atoms with Crippen molar-refractivity contribution in [1.29, 1.82) is 0 Å². The van der Waals surface area contributed by atoms with Gasteiger partial charge in [0.25, 0.3) is 5.91 Å². The lowest BCUT2D eigenvalue weighted by Gasteiger charge is -2.07. The quantitative estimate of drug-likeness (QED) is 0.403. The van der Waals surface area contributed by atoms with Crippen molar-refractivity contribution < 1.29 is 17.6 Å². The van der Waals surface area contributed by atoms with Gasteiger partial charge in [0.15, 0.2) is 0 Å². The van der Waals surface area contributed by atoms with Crippen LogP contribution in [0, 0.1) is 5.82 Å². The number of primary sulfonamides is 1. The molecule has 8 nitrogen and oxygen atoms in total. The summed E-state index contributed by atoms with van der Waals surface area (Å²) in [6.07, 6.45) is 0.721. The molecule has 4 rings (SSSR count). The first kappa shape index (κ1) is 23.3. The zero-order chi connectivity index (χ0) is 24.1. The van der Waals surface area contributed by atoms with E-state index in [-0.39, 0.29) is 23.1 Å². The maximum Gasteiger partial charge on any atom is 0.290 e. The number of aromatic nitrogens is 3. The molecule has 0 saturated carbocycles. The normalized spacial score (nSPS) is 11.4. The minimum absolute atomic E-state index is 0.0351. The van der Waals surface area contributed by atoms with Crippen LogP contribution in [0.5, 0.6) is 0 Å². The maximum absolute atomic E-state index is 13.8. The Labute approximate surface area is 196 Å². The summed E-state index contributed by atoms with van der Waals surface area (Å²) in [5, 5.41) is 12.3. The molecule has 3 aromatic carbocycles. The Morgan fingerprint density at radius 2 is 1.65 bits per heavy atom. The van der Waals surface area contributed by atoms with Crippen LogP contribution >= 0.6 is 0 Å². The van der Waals surface area contributed by atoms with Crippen molar-refractivity contribution in [2.24, 2.45) is 5.14 Å². The molecule has 4 aromatic rings. The van der Waals surface area contributed by atoms with E-state index in [4.69, 9.17) is 5.14 Å². The lowest BCUT2D eigenvalue weighted by atomic mass is 10.1. The third-order valence-corrected chi connectivity index (χ3v) is 6.06. The number of nitrogens with two attached hydrogens (primary N) is 1. The van der Waals surface area contributed by atoms with Crippen LogP contribution in [0.15, 0.2) is 83.8 Å². The van der Waals surface area contributed by atoms with Gasteiger partial charge in [0, 0.05) is 13.0 Å². The lowest BCUT2D eigenvalue weighted by Crippen LogP contribution is -2.27. The minimum Gasteiger partial charge on any atom is -0.349 e. The number of hydrogen-bond donors (Lipinski definition) is 2. The van der Waals surface area contributed by atoms with E-state index in [0.29, 0.717) is 29.9 Å². The first-order valence-corrected chi connectivity index (χ1v) is 12.0. The molecule has 0 aliphatic rings. The van der Waals surface area contributed by atoms with Crippen LogP contribution in [-0.2, 0) is 22.9 Å². The summed E-state index contributed by atoms with van der Waals surface area (Å²) in [6.45, 7) is 0.214. The van der Waals surface area contributed by atoms with Crippen molar-refractivity contribution in [2.45, 2.75) is 17.7 Å². The average Bonchev–Trinajstić information content (AvgIpc) is 3.24. The van der Waals surface area contributed by atoms with E-state index >= 15 is 0 Å². The molecule has 0 aliphatic heterocycles. The molecule has 1 aromatic heterocycles. The minimum atomic E-state index is -3.84. The molecule has 1 heterocycles. The molecule has 0 unspecified atom stereocenters. The highest BCUT2D eigenvalue weighted by Gasteiger charge is 2.18. The fraction of sp³-hybridized carbons (Fsp3) is 0.125. The number of halogens is 1. The van der Waals surface area contributed by atoms with E-state index in [0.717, 1.165) is 5.56 Å². The molecule has 3 N–H and O–H groups in total. The zero-order valence-electron chi connectivity index (χ0n) is 18.1. The molecule has 0 saturated heterocycles. The maximum atomic E-state index is 13.8. The summed E-state index contributed by atoms with van der Waals surface area (Å²) in [5.41, 5.74) is 1.99. The molecule has 34 heavy (non-hydrogen) atoms. The Hall–Kier alpha value is -3.89. The molecular formula is C24H22FN5O3S. The molecule has 174 valence electrons. The first-order chi connectivity index (χ1) is 16.3. The summed E-state index contributed by atoms with van der Waals surface area (Å²) < 4.78 is 38.4. The highest BCUT2D eigenvalue weighted by atomic mass is 32.2. The molecule has 0 atom stereocenters. The molecular weight excluding hydrogens is 457 g/mol. The van der Waals surface area contributed by atoms with Crippen molar-refractivity contribution in [2.75, 3.05) is 6.54 Å². The van der Waals surface area contributed by atoms with E-state index in [1.165, 1.54) is 22.9 Å². The molecule has 1 amide bonds. The second kappa shape index (κ2) is 9.94. The molecule has 0 spiro atoms. The zero-order valence-corrected chi connectivity index (χ0v) is 18.9. The van der Waals surface area contributed by atoms with Crippen LogP contribution in [0.4, 0.5) is 4.39 Å². The number of sulfonamides is 1. The Bertz CT molecular complexity index is 1400. The van der Waals surface area contributed by atoms with E-state index in [9.17, 15) is 17.6 Å². The Balaban J connectivity index is 1.58. The summed E-state index contributed by atoms with van der Waals surface area (Å²) in [6, 6.07) is 21.8. The van der Waals surface area contributed by atoms with Crippen LogP contribution in [-0.4, -0.2) is 35.6 Å². The van der Waals surface area contributed by atoms with Gasteiger partial charge in [-0.2, -0.15) is 0 Å². The van der Waals surface area contributed by atoms with Crippen molar-refractivity contribution in [3.8, 4) is 5.69 Å². The first-order valence-electron chi connectivity index (χ1n) is 10.5. The summed E-state index contributed by atoms with van der Waals surface area (Å²) in [7, 11) is -3.84. The number of amides is 1. The highest BCUT2D eigenvalue weighted by molar-refractivity contribution is 7.89. The predicted molar refractivity (Wildman–Crippen MR) is 124 cm³/mol. The predicted octanol–water partition coefficient (Wildman–Crippen LogP) is 2.62. The van der Waals surface area contributed by atoms with Crippen LogP contribution in [0.1, 0.15) is 27.6 Å². The lowest BCUT2D eigenvalue weighted by molar-refractivity contribution is 0.0943. The van der Waals surface area contributed by atoms with Gasteiger partial charge in [0.2, 0.25) is 15.8 Å². The third-order valence-electron chi connectivity index (χ3n) is 5.13. The van der Waals surface area contributed by atoms with E-state index in [1.807, 2.05) is 30.3 Å². The number of hydrogen-bond acceptors (Lipinski definition) is 5. The standard InChI is InChI=1S/C24H22FN5O3S/c25-21-9-5-4-8-18(21)14-15-27-24(31)23-28-22(16-17-6-2-1-3-7-17)30(29-23)19-10-12-20(13-11-19)34(26,32)33/h1-13H,14-16H2,(H,27,31)(H2,26,32,33). The molecule has 0 aliphatic carbocycles. The number of rotatable bonds is 8. The van der Waals surface area contributed by atoms with Gasteiger partial charge >= 0.3 is 0 Å². The van der Waals surface area contributed by atoms with Gasteiger partial charge < -0.3 is 5.32 Å². The Morgan fingerprint density at radius 3 is 2.32 bits per heavy atom. The second-order valence-electron chi connectivity index (χ2n) is 7.56. The monoisotopic (exact) mass is 479 g/mol. The number of nitrogens with one attached hydrogen (secondary N) is 1. The van der Waals surface area contributed by atoms with Gasteiger partial charge in [-0.1, -0.05) is 48.5 Å². The van der Waals surface area contributed by atoms with Gasteiger partial charge in [0.1, 0.15) is 11.6 Å². The fourth-order valence-corrected chi connectivity index (χ4v) is 3.92. The van der Waals surface area contributed by atoms with E-state index in [2.05, 4.69) is 15.4 Å². The average molecular weight is 480 g/mol. The van der Waals surface area contributed by atoms with Gasteiger partial charge in [-0.05, 0) is 47.9 Å². The number of carbonyl (C=O) groups excluding carboxylic acids is 1. The molecule has 0 fully saturated rings. The highest BCUT2D eigenvalue weighted by Crippen LogP contribution is 2.17. The number of carbonyl (C=O) groups is 1. The molecule has 0 radical (unpaired) electrons. The SMILES string of the molecule is NS(=O)(=O)c1ccc(-n2nc(C(=O)NCCc3ccccc3F)nc2Cc2ccccc2)cc1. The third kappa shape index (κ3) is 5.53. The van der Waals surface area contributed by atoms with Crippen LogP contribution < -0.4 is 10.5 Å². The smallest absolute Gasteiger partial charge is 0.290 e. The van der Waals surface area contributed by atoms with E-state index in [1.54, 1.807) is 30.3 Å². The summed E-state index contributed by atoms with van der Waals surface area (Å²) in [4.78, 5) is 17.1. The second-order valence-corrected chi connectivity index (χ2v) is 9.12. The summed E-state index contributed by atoms with van der Waals surface area (Å²) in [5.74, 6) is -0.374. The van der Waals surface area contributed by atoms with Gasteiger partial charge in [-0.15, -0.1) is 5.10 Å².